The molecule has 0 saturated heterocycles. The number of fused-ring (bicyclic) bond motifs is 3. The van der Waals surface area contributed by atoms with Crippen LogP contribution in [0.2, 0.25) is 5.02 Å². The van der Waals surface area contributed by atoms with Gasteiger partial charge < -0.3 is 19.3 Å². The number of methoxy groups -OCH3 is 1. The minimum Gasteiger partial charge on any atom is -0.497 e. The van der Waals surface area contributed by atoms with Crippen LogP contribution in [0.1, 0.15) is 73.9 Å². The molecule has 0 spiro atoms. The van der Waals surface area contributed by atoms with Crippen LogP contribution in [-0.2, 0) is 36.3 Å². The molecule has 5 aromatic carbocycles. The quantitative estimate of drug-likeness (QED) is 0.141. The number of halogens is 2. The molecule has 1 N–H and O–H groups in total. The molecule has 1 aliphatic heterocycles. The summed E-state index contributed by atoms with van der Waals surface area (Å²) in [7, 11) is 0.509. The Kier molecular flexibility index (Phi) is 12.0. The lowest BCUT2D eigenvalue weighted by molar-refractivity contribution is -0.166. The highest BCUT2D eigenvalue weighted by atomic mass is 35.5. The van der Waals surface area contributed by atoms with Crippen LogP contribution in [0.5, 0.6) is 5.75 Å². The van der Waals surface area contributed by atoms with E-state index >= 15 is 0 Å². The smallest absolute Gasteiger partial charge is 0.342 e. The van der Waals surface area contributed by atoms with Gasteiger partial charge in [0.1, 0.15) is 11.6 Å². The predicted octanol–water partition coefficient (Wildman–Crippen LogP) is 9.62. The van der Waals surface area contributed by atoms with Crippen molar-refractivity contribution in [2.45, 2.75) is 37.9 Å². The normalized spacial score (nSPS) is 15.2. The number of nitrogens with zero attached hydrogens (tertiary/aromatic N) is 1. The number of ether oxygens (including phenoxy) is 3. The molecule has 8 rings (SSSR count). The number of rotatable bonds is 9. The number of hydrogen-bond acceptors (Lipinski definition) is 8. The first-order valence-corrected chi connectivity index (χ1v) is 20.5. The average molecular weight is 846 g/mol. The van der Waals surface area contributed by atoms with E-state index in [1.807, 2.05) is 25.1 Å². The van der Waals surface area contributed by atoms with E-state index in [4.69, 9.17) is 30.9 Å². The van der Waals surface area contributed by atoms with Gasteiger partial charge in [-0.1, -0.05) is 48.0 Å². The van der Waals surface area contributed by atoms with Crippen LogP contribution in [0.4, 0.5) is 4.39 Å². The first-order chi connectivity index (χ1) is 28.7. The molecule has 0 saturated carbocycles. The number of aromatic nitrogens is 1. The van der Waals surface area contributed by atoms with E-state index in [0.29, 0.717) is 60.8 Å². The molecule has 2 unspecified atom stereocenters. The van der Waals surface area contributed by atoms with Crippen molar-refractivity contribution < 1.29 is 47.1 Å². The summed E-state index contributed by atoms with van der Waals surface area (Å²) in [6.45, 7) is 3.63. The Morgan fingerprint density at radius 1 is 0.900 bits per heavy atom. The van der Waals surface area contributed by atoms with Crippen LogP contribution in [0.3, 0.4) is 0 Å². The molecule has 60 heavy (non-hydrogen) atoms. The lowest BCUT2D eigenvalue weighted by Crippen LogP contribution is -2.16. The van der Waals surface area contributed by atoms with E-state index in [1.54, 1.807) is 110 Å². The highest BCUT2D eigenvalue weighted by molar-refractivity contribution is 7.84. The number of carbonyl (C=O) groups excluding carboxylic acids is 3. The summed E-state index contributed by atoms with van der Waals surface area (Å²) in [5.74, 6) is -2.13. The molecule has 13 heteroatoms. The fourth-order valence-electron chi connectivity index (χ4n) is 7.36. The first kappa shape index (κ1) is 41.5. The van der Waals surface area contributed by atoms with E-state index in [-0.39, 0.29) is 24.6 Å². The van der Waals surface area contributed by atoms with Crippen molar-refractivity contribution in [2.75, 3.05) is 13.4 Å². The Bertz CT molecular complexity index is 2810. The number of benzene rings is 5. The second kappa shape index (κ2) is 17.3. The number of hydrogen-bond donors (Lipinski definition) is 1. The van der Waals surface area contributed by atoms with Crippen LogP contribution in [0.15, 0.2) is 120 Å². The topological polar surface area (TPSA) is 138 Å². The number of esters is 2. The molecule has 0 radical (unpaired) electrons. The van der Waals surface area contributed by atoms with Crippen LogP contribution in [0.25, 0.3) is 28.1 Å². The van der Waals surface area contributed by atoms with Crippen molar-refractivity contribution >= 4 is 74.3 Å². The highest BCUT2D eigenvalue weighted by Gasteiger charge is 2.34. The molecule has 0 bridgehead atoms. The average Bonchev–Trinajstić information content (AvgIpc) is 3.79. The van der Waals surface area contributed by atoms with E-state index < -0.39 is 35.0 Å². The van der Waals surface area contributed by atoms with Crippen molar-refractivity contribution in [1.29, 1.82) is 0 Å². The Balaban J connectivity index is 0.000000192. The van der Waals surface area contributed by atoms with Gasteiger partial charge in [-0.2, -0.15) is 0 Å². The van der Waals surface area contributed by atoms with Gasteiger partial charge in [0.2, 0.25) is 0 Å². The van der Waals surface area contributed by atoms with E-state index in [9.17, 15) is 27.8 Å². The van der Waals surface area contributed by atoms with Crippen LogP contribution in [-0.4, -0.2) is 51.1 Å². The van der Waals surface area contributed by atoms with E-state index in [1.165, 1.54) is 12.1 Å². The number of cyclic esters (lactones) is 1. The third-order valence-corrected chi connectivity index (χ3v) is 11.5. The van der Waals surface area contributed by atoms with E-state index in [2.05, 4.69) is 0 Å². The summed E-state index contributed by atoms with van der Waals surface area (Å²) in [5.41, 5.74) is 7.91. The van der Waals surface area contributed by atoms with Crippen molar-refractivity contribution in [2.24, 2.45) is 0 Å². The molecule has 1 aliphatic carbocycles. The lowest BCUT2D eigenvalue weighted by Gasteiger charge is -2.12. The Morgan fingerprint density at radius 3 is 2.30 bits per heavy atom. The van der Waals surface area contributed by atoms with Gasteiger partial charge in [0.25, 0.3) is 12.2 Å². The molecule has 2 atom stereocenters. The zero-order valence-electron chi connectivity index (χ0n) is 32.8. The van der Waals surface area contributed by atoms with Gasteiger partial charge in [-0.3, -0.25) is 23.2 Å². The molecule has 2 aliphatic rings. The molecule has 1 aromatic heterocycles. The van der Waals surface area contributed by atoms with Gasteiger partial charge >= 0.3 is 17.9 Å². The van der Waals surface area contributed by atoms with Crippen LogP contribution in [0, 0.1) is 12.7 Å². The second-order valence-corrected chi connectivity index (χ2v) is 15.8. The molecular formula is C47H37ClFNO9S. The van der Waals surface area contributed by atoms with Gasteiger partial charge in [0.05, 0.1) is 31.0 Å². The molecule has 304 valence electrons. The number of allylic oxidation sites excluding steroid dienone is 2. The Hall–Kier alpha value is -6.63. The highest BCUT2D eigenvalue weighted by Crippen LogP contribution is 2.44. The summed E-state index contributed by atoms with van der Waals surface area (Å²) in [6, 6.07) is 30.5. The standard InChI is InChI=1S/C27H20ClNO6.C20H17FO3S/c1-15-21(14-24(30)34-27-20-6-4-3-5-19(20)26(32)35-27)22-13-18(33-2)11-12-23(22)29(15)25(31)16-7-9-17(28)10-8-16;1-12-17(9-13-3-6-15(7-4-13)25(2)24)16-8-5-14(21)10-19(16)18(12)11-20(22)23/h3-13,27H,14H2,1-2H3;3-10H,11H2,1-2H3,(H,22,23)/b;17-9-. The van der Waals surface area contributed by atoms with Gasteiger partial charge in [-0.05, 0) is 132 Å². The number of carboxylic acid groups (broad SMARTS) is 1. The third kappa shape index (κ3) is 8.43. The summed E-state index contributed by atoms with van der Waals surface area (Å²) in [6.07, 6.45) is 2.19. The lowest BCUT2D eigenvalue weighted by atomic mass is 10.0. The maximum Gasteiger partial charge on any atom is 0.342 e. The summed E-state index contributed by atoms with van der Waals surface area (Å²) < 4.78 is 42.8. The van der Waals surface area contributed by atoms with E-state index in [0.717, 1.165) is 27.2 Å². The van der Waals surface area contributed by atoms with Crippen molar-refractivity contribution in [3.8, 4) is 5.75 Å². The number of aliphatic carboxylic acids is 1. The first-order valence-electron chi connectivity index (χ1n) is 18.6. The van der Waals surface area contributed by atoms with Crippen LogP contribution >= 0.6 is 11.6 Å². The van der Waals surface area contributed by atoms with Gasteiger partial charge in [-0.15, -0.1) is 0 Å². The molecular weight excluding hydrogens is 809 g/mol. The summed E-state index contributed by atoms with van der Waals surface area (Å²) >= 11 is 5.98. The largest absolute Gasteiger partial charge is 0.497 e. The summed E-state index contributed by atoms with van der Waals surface area (Å²) in [4.78, 5) is 50.4. The zero-order chi connectivity index (χ0) is 42.8. The fraction of sp³-hybridized carbons (Fsp3) is 0.149. The van der Waals surface area contributed by atoms with Gasteiger partial charge in [0, 0.05) is 49.2 Å². The van der Waals surface area contributed by atoms with Gasteiger partial charge in [0.15, 0.2) is 0 Å². The predicted molar refractivity (Wildman–Crippen MR) is 227 cm³/mol. The molecule has 6 aromatic rings. The summed E-state index contributed by atoms with van der Waals surface area (Å²) in [5, 5.41) is 10.4. The maximum atomic E-state index is 13.7. The van der Waals surface area contributed by atoms with Gasteiger partial charge in [-0.25, -0.2) is 9.18 Å². The number of carbonyl (C=O) groups is 4. The number of carboxylic acids is 1. The van der Waals surface area contributed by atoms with Crippen LogP contribution < -0.4 is 4.74 Å². The Morgan fingerprint density at radius 2 is 1.62 bits per heavy atom. The fourth-order valence-corrected chi connectivity index (χ4v) is 8.00. The molecule has 10 nitrogen and oxygen atoms in total. The monoisotopic (exact) mass is 845 g/mol. The molecule has 2 heterocycles. The van der Waals surface area contributed by atoms with Crippen molar-refractivity contribution in [3.63, 3.8) is 0 Å². The minimum atomic E-state index is -1.11. The third-order valence-electron chi connectivity index (χ3n) is 10.3. The minimum absolute atomic E-state index is 0.132. The molecule has 0 fully saturated rings. The SMILES string of the molecule is CC1=C(CC(=O)O)c2cc(F)ccc2/C1=C\c1ccc(S(C)=O)cc1.COc1ccc2c(c1)c(CC(=O)OC1OC(=O)c3ccccc31)c(C)n2C(=O)c1ccc(Cl)cc1. The molecule has 0 amide bonds. The Labute approximate surface area is 351 Å². The zero-order valence-corrected chi connectivity index (χ0v) is 34.4. The maximum absolute atomic E-state index is 13.7. The second-order valence-electron chi connectivity index (χ2n) is 14.0. The van der Waals surface area contributed by atoms with Crippen molar-refractivity contribution in [3.05, 3.63) is 170 Å². The van der Waals surface area contributed by atoms with Crippen molar-refractivity contribution in [1.82, 2.24) is 4.57 Å².